The molecule has 3 aromatic rings. The number of methoxy groups -OCH3 is 1. The van der Waals surface area contributed by atoms with Crippen LogP contribution < -0.4 is 15.4 Å². The van der Waals surface area contributed by atoms with Gasteiger partial charge in [-0.05, 0) is 48.4 Å². The Morgan fingerprint density at radius 1 is 1.11 bits per heavy atom. The third-order valence-electron chi connectivity index (χ3n) is 4.15. The van der Waals surface area contributed by atoms with Crippen molar-refractivity contribution in [2.24, 2.45) is 4.99 Å². The molecular formula is C20H23ClN6O. The normalized spacial score (nSPS) is 11.3. The zero-order chi connectivity index (χ0) is 19.8. The highest BCUT2D eigenvalue weighted by molar-refractivity contribution is 6.30. The molecule has 0 saturated carbocycles. The van der Waals surface area contributed by atoms with Crippen LogP contribution in [0.5, 0.6) is 5.75 Å². The van der Waals surface area contributed by atoms with Crippen molar-refractivity contribution in [3.63, 3.8) is 0 Å². The number of nitrogens with zero attached hydrogens (tertiary/aromatic N) is 3. The van der Waals surface area contributed by atoms with E-state index in [0.29, 0.717) is 18.3 Å². The summed E-state index contributed by atoms with van der Waals surface area (Å²) in [4.78, 5) is 8.74. The molecule has 0 aliphatic rings. The number of benzene rings is 2. The van der Waals surface area contributed by atoms with Gasteiger partial charge in [-0.2, -0.15) is 5.10 Å². The lowest BCUT2D eigenvalue weighted by Crippen LogP contribution is -2.38. The molecule has 0 aliphatic heterocycles. The lowest BCUT2D eigenvalue weighted by molar-refractivity contribution is 0.415. The second-order valence-electron chi connectivity index (χ2n) is 6.06. The minimum absolute atomic E-state index is 0.490. The predicted octanol–water partition coefficient (Wildman–Crippen LogP) is 3.04. The van der Waals surface area contributed by atoms with Gasteiger partial charge in [-0.25, -0.2) is 4.98 Å². The molecule has 0 amide bonds. The number of guanidine groups is 1. The lowest BCUT2D eigenvalue weighted by Gasteiger charge is -2.10. The first-order valence-corrected chi connectivity index (χ1v) is 9.30. The Morgan fingerprint density at radius 3 is 2.54 bits per heavy atom. The molecule has 8 heteroatoms. The highest BCUT2D eigenvalue weighted by atomic mass is 35.5. The van der Waals surface area contributed by atoms with Crippen LogP contribution in [-0.2, 0) is 13.0 Å². The summed E-state index contributed by atoms with van der Waals surface area (Å²) in [5.41, 5.74) is 2.14. The molecule has 0 fully saturated rings. The Morgan fingerprint density at radius 2 is 1.86 bits per heavy atom. The minimum atomic E-state index is 0.490. The molecule has 28 heavy (non-hydrogen) atoms. The van der Waals surface area contributed by atoms with E-state index in [-0.39, 0.29) is 0 Å². The maximum Gasteiger partial charge on any atom is 0.191 e. The Kier molecular flexibility index (Phi) is 6.86. The van der Waals surface area contributed by atoms with E-state index in [4.69, 9.17) is 16.3 Å². The van der Waals surface area contributed by atoms with Gasteiger partial charge in [-0.15, -0.1) is 0 Å². The fourth-order valence-corrected chi connectivity index (χ4v) is 2.73. The second-order valence-corrected chi connectivity index (χ2v) is 6.50. The van der Waals surface area contributed by atoms with Crippen LogP contribution in [0, 0.1) is 0 Å². The molecular weight excluding hydrogens is 376 g/mol. The summed E-state index contributed by atoms with van der Waals surface area (Å²) in [7, 11) is 3.38. The van der Waals surface area contributed by atoms with Gasteiger partial charge < -0.3 is 15.4 Å². The maximum atomic E-state index is 5.91. The summed E-state index contributed by atoms with van der Waals surface area (Å²) < 4.78 is 5.17. The highest BCUT2D eigenvalue weighted by Crippen LogP contribution is 2.18. The summed E-state index contributed by atoms with van der Waals surface area (Å²) in [6.07, 6.45) is 0.877. The number of hydrogen-bond acceptors (Lipinski definition) is 4. The van der Waals surface area contributed by atoms with Gasteiger partial charge in [0.25, 0.3) is 0 Å². The molecule has 0 saturated heterocycles. The van der Waals surface area contributed by atoms with Crippen molar-refractivity contribution in [1.29, 1.82) is 0 Å². The van der Waals surface area contributed by atoms with Crippen LogP contribution in [0.2, 0.25) is 5.02 Å². The molecule has 7 nitrogen and oxygen atoms in total. The average molecular weight is 399 g/mol. The molecule has 0 atom stereocenters. The van der Waals surface area contributed by atoms with Crippen molar-refractivity contribution in [3.05, 3.63) is 64.9 Å². The maximum absolute atomic E-state index is 5.91. The number of nitrogens with one attached hydrogen (secondary N) is 3. The van der Waals surface area contributed by atoms with E-state index < -0.39 is 0 Å². The molecule has 2 aromatic carbocycles. The Balaban J connectivity index is 1.48. The zero-order valence-corrected chi connectivity index (χ0v) is 16.6. The molecule has 1 heterocycles. The van der Waals surface area contributed by atoms with Crippen molar-refractivity contribution >= 4 is 17.6 Å². The molecule has 3 rings (SSSR count). The molecule has 146 valence electrons. The van der Waals surface area contributed by atoms with E-state index in [1.54, 1.807) is 14.2 Å². The number of aromatic amines is 1. The third-order valence-corrected chi connectivity index (χ3v) is 4.40. The van der Waals surface area contributed by atoms with E-state index in [9.17, 15) is 0 Å². The predicted molar refractivity (Wildman–Crippen MR) is 112 cm³/mol. The van der Waals surface area contributed by atoms with Crippen molar-refractivity contribution in [2.75, 3.05) is 20.7 Å². The summed E-state index contributed by atoms with van der Waals surface area (Å²) in [6, 6.07) is 15.5. The Bertz CT molecular complexity index is 905. The summed E-state index contributed by atoms with van der Waals surface area (Å²) in [6.45, 7) is 1.25. The minimum Gasteiger partial charge on any atom is -0.497 e. The Labute approximate surface area is 169 Å². The van der Waals surface area contributed by atoms with Gasteiger partial charge in [0.15, 0.2) is 11.8 Å². The van der Waals surface area contributed by atoms with Gasteiger partial charge in [0, 0.05) is 24.2 Å². The van der Waals surface area contributed by atoms with E-state index in [2.05, 4.69) is 30.8 Å². The number of ether oxygens (including phenoxy) is 1. The fraction of sp³-hybridized carbons (Fsp3) is 0.250. The second kappa shape index (κ2) is 9.75. The summed E-state index contributed by atoms with van der Waals surface area (Å²) >= 11 is 5.91. The summed E-state index contributed by atoms with van der Waals surface area (Å²) in [5.74, 6) is 2.88. The Hall–Kier alpha value is -3.06. The monoisotopic (exact) mass is 398 g/mol. The van der Waals surface area contributed by atoms with Crippen molar-refractivity contribution in [1.82, 2.24) is 25.8 Å². The van der Waals surface area contributed by atoms with Gasteiger partial charge in [0.1, 0.15) is 11.6 Å². The molecule has 0 unspecified atom stereocenters. The smallest absolute Gasteiger partial charge is 0.191 e. The van der Waals surface area contributed by atoms with Gasteiger partial charge >= 0.3 is 0 Å². The molecule has 3 N–H and O–H groups in total. The molecule has 0 aliphatic carbocycles. The van der Waals surface area contributed by atoms with Crippen LogP contribution in [0.4, 0.5) is 0 Å². The van der Waals surface area contributed by atoms with Gasteiger partial charge in [-0.3, -0.25) is 10.1 Å². The van der Waals surface area contributed by atoms with Crippen LogP contribution in [-0.4, -0.2) is 41.8 Å². The van der Waals surface area contributed by atoms with E-state index >= 15 is 0 Å². The third kappa shape index (κ3) is 5.47. The molecule has 1 aromatic heterocycles. The first kappa shape index (κ1) is 19.7. The van der Waals surface area contributed by atoms with Gasteiger partial charge in [-0.1, -0.05) is 23.7 Å². The zero-order valence-electron chi connectivity index (χ0n) is 15.9. The largest absolute Gasteiger partial charge is 0.497 e. The standard InChI is InChI=1S/C20H23ClN6O/c1-22-20(23-12-11-14-3-7-16(21)8-4-14)24-13-18-25-19(27-26-18)15-5-9-17(28-2)10-6-15/h3-10H,11-13H2,1-2H3,(H2,22,23,24)(H,25,26,27). The molecule has 0 spiro atoms. The molecule has 0 radical (unpaired) electrons. The number of aromatic nitrogens is 3. The van der Waals surface area contributed by atoms with Crippen LogP contribution >= 0.6 is 11.6 Å². The quantitative estimate of drug-likeness (QED) is 0.420. The number of hydrogen-bond donors (Lipinski definition) is 3. The number of aliphatic imine (C=N–C) groups is 1. The van der Waals surface area contributed by atoms with Gasteiger partial charge in [0.05, 0.1) is 13.7 Å². The van der Waals surface area contributed by atoms with Crippen LogP contribution in [0.3, 0.4) is 0 Å². The van der Waals surface area contributed by atoms with E-state index in [1.165, 1.54) is 5.56 Å². The number of rotatable bonds is 7. The van der Waals surface area contributed by atoms with Crippen LogP contribution in [0.15, 0.2) is 53.5 Å². The van der Waals surface area contributed by atoms with Gasteiger partial charge in [0.2, 0.25) is 0 Å². The van der Waals surface area contributed by atoms with Crippen molar-refractivity contribution < 1.29 is 4.74 Å². The summed E-state index contributed by atoms with van der Waals surface area (Å²) in [5, 5.41) is 14.5. The van der Waals surface area contributed by atoms with E-state index in [0.717, 1.165) is 35.1 Å². The number of halogens is 1. The fourth-order valence-electron chi connectivity index (χ4n) is 2.61. The van der Waals surface area contributed by atoms with Crippen LogP contribution in [0.1, 0.15) is 11.4 Å². The number of H-pyrrole nitrogens is 1. The SMILES string of the molecule is CN=C(NCCc1ccc(Cl)cc1)NCc1nc(-c2ccc(OC)cc2)n[nH]1. The first-order chi connectivity index (χ1) is 13.7. The highest BCUT2D eigenvalue weighted by Gasteiger charge is 2.07. The average Bonchev–Trinajstić information content (AvgIpc) is 3.21. The topological polar surface area (TPSA) is 87.2 Å². The first-order valence-electron chi connectivity index (χ1n) is 8.92. The van der Waals surface area contributed by atoms with Crippen molar-refractivity contribution in [3.8, 4) is 17.1 Å². The molecule has 0 bridgehead atoms. The van der Waals surface area contributed by atoms with E-state index in [1.807, 2.05) is 48.5 Å². The lowest BCUT2D eigenvalue weighted by atomic mass is 10.1. The van der Waals surface area contributed by atoms with Crippen LogP contribution in [0.25, 0.3) is 11.4 Å². The van der Waals surface area contributed by atoms with Crippen molar-refractivity contribution in [2.45, 2.75) is 13.0 Å².